The molecule has 0 saturated heterocycles. The van der Waals surface area contributed by atoms with Crippen molar-refractivity contribution in [2.45, 2.75) is 75.1 Å². The number of allylic oxidation sites excluding steroid dienone is 1. The number of anilines is 2. The van der Waals surface area contributed by atoms with Crippen molar-refractivity contribution in [3.63, 3.8) is 0 Å². The topological polar surface area (TPSA) is 177 Å². The number of carbonyl (C=O) groups excluding carboxylic acids is 1. The molecule has 15 nitrogen and oxygen atoms in total. The van der Waals surface area contributed by atoms with Gasteiger partial charge in [0.2, 0.25) is 5.95 Å². The summed E-state index contributed by atoms with van der Waals surface area (Å²) in [6.45, 7) is 9.16. The number of methoxy groups -OCH3 is 1. The maximum atomic E-state index is 14.0. The highest BCUT2D eigenvalue weighted by molar-refractivity contribution is 7.90. The molecular formula is C34H43F3N10O5S. The number of likely N-dealkylation sites (N-methyl/N-ethyl adjacent to an activating group) is 1. The molecule has 3 aromatic heterocycles. The third-order valence-corrected chi connectivity index (χ3v) is 9.92. The van der Waals surface area contributed by atoms with E-state index in [4.69, 9.17) is 9.47 Å². The zero-order valence-corrected chi connectivity index (χ0v) is 31.4. The Labute approximate surface area is 306 Å². The molecule has 4 rings (SSSR count). The van der Waals surface area contributed by atoms with E-state index in [9.17, 15) is 26.4 Å². The maximum Gasteiger partial charge on any atom is 0.419 e. The average Bonchev–Trinajstić information content (AvgIpc) is 3.11. The predicted octanol–water partition coefficient (Wildman–Crippen LogP) is 5.52. The average molecular weight is 761 g/mol. The number of carbonyl (C=O) groups is 1. The van der Waals surface area contributed by atoms with Gasteiger partial charge in [-0.3, -0.25) is 14.9 Å². The Morgan fingerprint density at radius 2 is 1.77 bits per heavy atom. The molecule has 0 unspecified atom stereocenters. The lowest BCUT2D eigenvalue weighted by Gasteiger charge is -2.37. The molecule has 1 aliphatic rings. The molecule has 0 aromatic carbocycles. The summed E-state index contributed by atoms with van der Waals surface area (Å²) in [6.07, 6.45) is 4.80. The largest absolute Gasteiger partial charge is 0.467 e. The molecule has 19 heteroatoms. The van der Waals surface area contributed by atoms with E-state index in [-0.39, 0.29) is 46.9 Å². The third kappa shape index (κ3) is 10.5. The number of alkyl halides is 3. The summed E-state index contributed by atoms with van der Waals surface area (Å²) >= 11 is 0. The first-order valence-corrected chi connectivity index (χ1v) is 18.3. The van der Waals surface area contributed by atoms with Crippen molar-refractivity contribution in [1.29, 1.82) is 0 Å². The first-order chi connectivity index (χ1) is 24.8. The molecule has 1 amide bonds. The highest BCUT2D eigenvalue weighted by Gasteiger charge is 2.37. The molecule has 0 aliphatic heterocycles. The number of amidine groups is 1. The van der Waals surface area contributed by atoms with Crippen LogP contribution in [0.1, 0.15) is 57.7 Å². The summed E-state index contributed by atoms with van der Waals surface area (Å²) < 4.78 is 76.9. The monoisotopic (exact) mass is 760 g/mol. The number of aliphatic imine (C=N–C) groups is 2. The molecule has 0 bridgehead atoms. The summed E-state index contributed by atoms with van der Waals surface area (Å²) in [5.74, 6) is 0.208. The number of nitrogens with one attached hydrogen (secondary N) is 1. The summed E-state index contributed by atoms with van der Waals surface area (Å²) in [6, 6.07) is 0.573. The lowest BCUT2D eigenvalue weighted by atomic mass is 9.90. The normalized spacial score (nSPS) is 17.3. The number of sulfone groups is 1. The van der Waals surface area contributed by atoms with Crippen molar-refractivity contribution in [2.75, 3.05) is 44.3 Å². The van der Waals surface area contributed by atoms with E-state index in [0.29, 0.717) is 43.1 Å². The van der Waals surface area contributed by atoms with Crippen LogP contribution in [-0.4, -0.2) is 109 Å². The van der Waals surface area contributed by atoms with Crippen LogP contribution in [0.25, 0.3) is 16.8 Å². The fourth-order valence-electron chi connectivity index (χ4n) is 5.18. The molecule has 53 heavy (non-hydrogen) atoms. The molecule has 1 saturated carbocycles. The second-order valence-corrected chi connectivity index (χ2v) is 15.3. The summed E-state index contributed by atoms with van der Waals surface area (Å²) in [7, 11) is 1.45. The van der Waals surface area contributed by atoms with Gasteiger partial charge in [-0.1, -0.05) is 0 Å². The molecule has 1 N–H and O–H groups in total. The zero-order valence-electron chi connectivity index (χ0n) is 30.5. The first kappa shape index (κ1) is 40.7. The SMILES string of the molecule is C=NC(=N/C=C(\C)c1cnc(N(C(=O)OCC(C)(C)N(C)C)C2CCC(Nc3ncc(C(F)(F)F)c(-c4cncc(S(C)(=O)=O)c4)n3)CC2)cn1)OC. The van der Waals surface area contributed by atoms with Crippen LogP contribution in [0.15, 0.2) is 58.1 Å². The van der Waals surface area contributed by atoms with Crippen LogP contribution in [0.3, 0.4) is 0 Å². The lowest BCUT2D eigenvalue weighted by molar-refractivity contribution is -0.137. The Morgan fingerprint density at radius 3 is 2.34 bits per heavy atom. The quantitative estimate of drug-likeness (QED) is 0.192. The van der Waals surface area contributed by atoms with E-state index < -0.39 is 38.9 Å². The standard InChI is InChI=1S/C34H43F3N10O5S/c1-21(14-43-31(38-4)51-7)27-18-41-28(19-40-27)47(32(48)52-20-33(2,3)46(5)6)24-11-9-23(10-12-24)44-30-42-17-26(34(35,36)37)29(45-30)22-13-25(16-39-15-22)53(8,49)50/h13-19,23-24H,4,9-12,20H2,1-3,5-8H3,(H,42,44,45)/b21-14+,43-31?. The van der Waals surface area contributed by atoms with E-state index in [0.717, 1.165) is 24.7 Å². The Hall–Kier alpha value is -5.04. The Balaban J connectivity index is 1.56. The van der Waals surface area contributed by atoms with Gasteiger partial charge < -0.3 is 19.7 Å². The van der Waals surface area contributed by atoms with Crippen LogP contribution in [0, 0.1) is 0 Å². The van der Waals surface area contributed by atoms with Crippen LogP contribution < -0.4 is 10.2 Å². The number of aromatic nitrogens is 5. The molecule has 1 fully saturated rings. The number of rotatable bonds is 11. The van der Waals surface area contributed by atoms with Crippen molar-refractivity contribution in [3.05, 3.63) is 54.5 Å². The molecule has 3 heterocycles. The minimum Gasteiger partial charge on any atom is -0.467 e. The van der Waals surface area contributed by atoms with Crippen molar-refractivity contribution in [2.24, 2.45) is 9.98 Å². The number of hydrogen-bond acceptors (Lipinski definition) is 13. The maximum absolute atomic E-state index is 14.0. The minimum atomic E-state index is -4.81. The predicted molar refractivity (Wildman–Crippen MR) is 194 cm³/mol. The summed E-state index contributed by atoms with van der Waals surface area (Å²) in [4.78, 5) is 45.6. The van der Waals surface area contributed by atoms with Gasteiger partial charge in [0.25, 0.3) is 0 Å². The van der Waals surface area contributed by atoms with Gasteiger partial charge in [0.1, 0.15) is 12.2 Å². The Bertz CT molecular complexity index is 1950. The number of nitrogens with zero attached hydrogens (tertiary/aromatic N) is 9. The van der Waals surface area contributed by atoms with E-state index in [1.807, 2.05) is 32.8 Å². The number of halogens is 3. The van der Waals surface area contributed by atoms with E-state index in [1.165, 1.54) is 30.6 Å². The highest BCUT2D eigenvalue weighted by atomic mass is 32.2. The van der Waals surface area contributed by atoms with Gasteiger partial charge in [0, 0.05) is 54.2 Å². The number of ether oxygens (including phenoxy) is 2. The zero-order chi connectivity index (χ0) is 39.1. The third-order valence-electron chi connectivity index (χ3n) is 8.84. The number of hydrogen-bond donors (Lipinski definition) is 1. The molecule has 0 radical (unpaired) electrons. The van der Waals surface area contributed by atoms with Crippen molar-refractivity contribution < 1.29 is 35.9 Å². The van der Waals surface area contributed by atoms with Crippen LogP contribution >= 0.6 is 0 Å². The first-order valence-electron chi connectivity index (χ1n) is 16.4. The van der Waals surface area contributed by atoms with Crippen molar-refractivity contribution >= 4 is 46.0 Å². The minimum absolute atomic E-state index is 0.0703. The summed E-state index contributed by atoms with van der Waals surface area (Å²) in [5, 5.41) is 3.12. The van der Waals surface area contributed by atoms with E-state index in [2.05, 4.69) is 46.9 Å². The fraction of sp³-hybridized carbons (Fsp3) is 0.471. The van der Waals surface area contributed by atoms with Crippen molar-refractivity contribution in [1.82, 2.24) is 29.8 Å². The Kier molecular flexibility index (Phi) is 12.9. The van der Waals surface area contributed by atoms with Gasteiger partial charge in [0.15, 0.2) is 15.7 Å². The number of pyridine rings is 1. The molecule has 0 spiro atoms. The van der Waals surface area contributed by atoms with Crippen LogP contribution in [0.4, 0.5) is 29.7 Å². The Morgan fingerprint density at radius 1 is 1.08 bits per heavy atom. The number of amides is 1. The van der Waals surface area contributed by atoms with Crippen LogP contribution in [-0.2, 0) is 25.5 Å². The van der Waals surface area contributed by atoms with Crippen LogP contribution in [0.2, 0.25) is 0 Å². The van der Waals surface area contributed by atoms with E-state index in [1.54, 1.807) is 6.92 Å². The molecule has 286 valence electrons. The van der Waals surface area contributed by atoms with Gasteiger partial charge in [-0.25, -0.2) is 38.1 Å². The molecule has 1 aliphatic carbocycles. The van der Waals surface area contributed by atoms with Gasteiger partial charge in [-0.05, 0) is 78.9 Å². The summed E-state index contributed by atoms with van der Waals surface area (Å²) in [5.41, 5.74) is -1.06. The van der Waals surface area contributed by atoms with Gasteiger partial charge in [-0.2, -0.15) is 13.2 Å². The van der Waals surface area contributed by atoms with Gasteiger partial charge >= 0.3 is 18.3 Å². The molecular weight excluding hydrogens is 717 g/mol. The molecule has 3 aromatic rings. The highest BCUT2D eigenvalue weighted by Crippen LogP contribution is 2.37. The lowest BCUT2D eigenvalue weighted by Crippen LogP contribution is -2.48. The van der Waals surface area contributed by atoms with Crippen molar-refractivity contribution in [3.8, 4) is 11.3 Å². The van der Waals surface area contributed by atoms with Gasteiger partial charge in [0.05, 0.1) is 35.8 Å². The molecule has 0 atom stereocenters. The van der Waals surface area contributed by atoms with Gasteiger partial charge in [-0.15, -0.1) is 0 Å². The second kappa shape index (κ2) is 16.7. The second-order valence-electron chi connectivity index (χ2n) is 13.3. The fourth-order valence-corrected chi connectivity index (χ4v) is 5.78. The smallest absolute Gasteiger partial charge is 0.419 e. The van der Waals surface area contributed by atoms with E-state index >= 15 is 0 Å². The van der Waals surface area contributed by atoms with Crippen LogP contribution in [0.5, 0.6) is 0 Å².